The van der Waals surface area contributed by atoms with Crippen molar-refractivity contribution in [3.05, 3.63) is 34.9 Å². The summed E-state index contributed by atoms with van der Waals surface area (Å²) >= 11 is 0. The standard InChI is InChI=1S/C20H27N3O3/c1-13-8-9-16(14(2)11-13)20(26)23-10-4-5-15(23)12-21-19(25)17-6-3-7-18(24)22-17/h8-9,11,15,17H,3-7,10,12H2,1-2H3,(H,21,25)(H,22,24)/t15-,17-/m1/s1. The Balaban J connectivity index is 1.60. The highest BCUT2D eigenvalue weighted by Crippen LogP contribution is 2.22. The van der Waals surface area contributed by atoms with Crippen LogP contribution in [0.1, 0.15) is 53.6 Å². The predicted molar refractivity (Wildman–Crippen MR) is 98.8 cm³/mol. The second kappa shape index (κ2) is 7.89. The van der Waals surface area contributed by atoms with Crippen LogP contribution in [0, 0.1) is 13.8 Å². The summed E-state index contributed by atoms with van der Waals surface area (Å²) in [5, 5.41) is 5.66. The minimum absolute atomic E-state index is 0.00597. The molecule has 2 aliphatic heterocycles. The second-order valence-electron chi connectivity index (χ2n) is 7.37. The first-order valence-electron chi connectivity index (χ1n) is 9.41. The molecule has 0 saturated carbocycles. The van der Waals surface area contributed by atoms with E-state index in [4.69, 9.17) is 0 Å². The van der Waals surface area contributed by atoms with E-state index in [2.05, 4.69) is 10.6 Å². The molecule has 2 fully saturated rings. The van der Waals surface area contributed by atoms with E-state index in [1.165, 1.54) is 0 Å². The molecule has 2 heterocycles. The van der Waals surface area contributed by atoms with Gasteiger partial charge in [-0.3, -0.25) is 14.4 Å². The van der Waals surface area contributed by atoms with Crippen LogP contribution in [0.15, 0.2) is 18.2 Å². The maximum absolute atomic E-state index is 12.9. The van der Waals surface area contributed by atoms with E-state index >= 15 is 0 Å². The third kappa shape index (κ3) is 4.06. The number of benzene rings is 1. The summed E-state index contributed by atoms with van der Waals surface area (Å²) in [6.07, 6.45) is 3.73. The Hall–Kier alpha value is -2.37. The van der Waals surface area contributed by atoms with Crippen LogP contribution in [-0.4, -0.2) is 47.8 Å². The molecule has 0 aliphatic carbocycles. The Morgan fingerprint density at radius 2 is 2.04 bits per heavy atom. The lowest BCUT2D eigenvalue weighted by Gasteiger charge is -2.27. The van der Waals surface area contributed by atoms with Crippen LogP contribution < -0.4 is 10.6 Å². The quantitative estimate of drug-likeness (QED) is 0.861. The summed E-state index contributed by atoms with van der Waals surface area (Å²) in [7, 11) is 0. The van der Waals surface area contributed by atoms with Crippen molar-refractivity contribution in [1.29, 1.82) is 0 Å². The minimum atomic E-state index is -0.443. The molecule has 3 rings (SSSR count). The van der Waals surface area contributed by atoms with E-state index in [9.17, 15) is 14.4 Å². The third-order valence-electron chi connectivity index (χ3n) is 5.31. The van der Waals surface area contributed by atoms with Crippen LogP contribution in [0.2, 0.25) is 0 Å². The lowest BCUT2D eigenvalue weighted by Crippen LogP contribution is -2.51. The van der Waals surface area contributed by atoms with E-state index in [-0.39, 0.29) is 23.8 Å². The van der Waals surface area contributed by atoms with E-state index < -0.39 is 6.04 Å². The largest absolute Gasteiger partial charge is 0.352 e. The Bertz CT molecular complexity index is 716. The fraction of sp³-hybridized carbons (Fsp3) is 0.550. The van der Waals surface area contributed by atoms with E-state index in [0.29, 0.717) is 25.9 Å². The number of aryl methyl sites for hydroxylation is 2. The molecule has 2 aliphatic rings. The molecule has 1 aromatic rings. The number of nitrogens with one attached hydrogen (secondary N) is 2. The number of hydrogen-bond acceptors (Lipinski definition) is 3. The average Bonchev–Trinajstić information content (AvgIpc) is 3.07. The van der Waals surface area contributed by atoms with Gasteiger partial charge in [0, 0.05) is 31.1 Å². The van der Waals surface area contributed by atoms with Crippen molar-refractivity contribution in [2.75, 3.05) is 13.1 Å². The first kappa shape index (κ1) is 18.4. The molecule has 140 valence electrons. The molecule has 3 amide bonds. The van der Waals surface area contributed by atoms with Crippen LogP contribution in [0.25, 0.3) is 0 Å². The second-order valence-corrected chi connectivity index (χ2v) is 7.37. The number of nitrogens with zero attached hydrogens (tertiary/aromatic N) is 1. The summed E-state index contributed by atoms with van der Waals surface area (Å²) in [4.78, 5) is 38.6. The highest BCUT2D eigenvalue weighted by Gasteiger charge is 2.31. The van der Waals surface area contributed by atoms with Crippen LogP contribution in [0.3, 0.4) is 0 Å². The van der Waals surface area contributed by atoms with Crippen LogP contribution >= 0.6 is 0 Å². The molecule has 6 nitrogen and oxygen atoms in total. The third-order valence-corrected chi connectivity index (χ3v) is 5.31. The lowest BCUT2D eigenvalue weighted by atomic mass is 10.0. The predicted octanol–water partition coefficient (Wildman–Crippen LogP) is 1.69. The highest BCUT2D eigenvalue weighted by molar-refractivity contribution is 5.96. The summed E-state index contributed by atoms with van der Waals surface area (Å²) in [5.74, 6) is -0.182. The molecule has 2 saturated heterocycles. The molecular weight excluding hydrogens is 330 g/mol. The lowest BCUT2D eigenvalue weighted by molar-refractivity contribution is -0.131. The maximum Gasteiger partial charge on any atom is 0.254 e. The van der Waals surface area contributed by atoms with Gasteiger partial charge in [-0.2, -0.15) is 0 Å². The number of hydrogen-bond donors (Lipinski definition) is 2. The first-order chi connectivity index (χ1) is 12.5. The Labute approximate surface area is 154 Å². The number of piperidine rings is 1. The van der Waals surface area contributed by atoms with Crippen molar-refractivity contribution >= 4 is 17.7 Å². The molecule has 6 heteroatoms. The van der Waals surface area contributed by atoms with Gasteiger partial charge in [0.15, 0.2) is 0 Å². The molecule has 0 spiro atoms. The fourth-order valence-corrected chi connectivity index (χ4v) is 3.87. The molecule has 1 aromatic carbocycles. The van der Waals surface area contributed by atoms with E-state index in [1.807, 2.05) is 36.9 Å². The maximum atomic E-state index is 12.9. The van der Waals surface area contributed by atoms with Gasteiger partial charge in [0.25, 0.3) is 5.91 Å². The van der Waals surface area contributed by atoms with Crippen molar-refractivity contribution in [2.24, 2.45) is 0 Å². The highest BCUT2D eigenvalue weighted by atomic mass is 16.2. The average molecular weight is 357 g/mol. The number of rotatable bonds is 4. The minimum Gasteiger partial charge on any atom is -0.352 e. The van der Waals surface area contributed by atoms with Crippen molar-refractivity contribution in [3.8, 4) is 0 Å². The van der Waals surface area contributed by atoms with Crippen molar-refractivity contribution in [2.45, 2.75) is 58.0 Å². The van der Waals surface area contributed by atoms with Gasteiger partial charge in [-0.15, -0.1) is 0 Å². The van der Waals surface area contributed by atoms with E-state index in [1.54, 1.807) is 0 Å². The summed E-state index contributed by atoms with van der Waals surface area (Å²) in [5.41, 5.74) is 2.85. The molecule has 0 bridgehead atoms. The van der Waals surface area contributed by atoms with Gasteiger partial charge in [0.2, 0.25) is 11.8 Å². The van der Waals surface area contributed by atoms with Gasteiger partial charge in [-0.05, 0) is 51.2 Å². The van der Waals surface area contributed by atoms with Gasteiger partial charge in [0.05, 0.1) is 0 Å². The van der Waals surface area contributed by atoms with Crippen molar-refractivity contribution < 1.29 is 14.4 Å². The monoisotopic (exact) mass is 357 g/mol. The number of carbonyl (C=O) groups excluding carboxylic acids is 3. The Morgan fingerprint density at radius 3 is 2.77 bits per heavy atom. The van der Waals surface area contributed by atoms with Gasteiger partial charge >= 0.3 is 0 Å². The zero-order valence-electron chi connectivity index (χ0n) is 15.5. The van der Waals surface area contributed by atoms with E-state index in [0.717, 1.165) is 36.0 Å². The van der Waals surface area contributed by atoms with Crippen LogP contribution in [-0.2, 0) is 9.59 Å². The first-order valence-corrected chi connectivity index (χ1v) is 9.41. The van der Waals surface area contributed by atoms with Crippen LogP contribution in [0.4, 0.5) is 0 Å². The molecule has 0 unspecified atom stereocenters. The van der Waals surface area contributed by atoms with Gasteiger partial charge in [-0.25, -0.2) is 0 Å². The fourth-order valence-electron chi connectivity index (χ4n) is 3.87. The Kier molecular flexibility index (Phi) is 5.59. The van der Waals surface area contributed by atoms with Crippen molar-refractivity contribution in [3.63, 3.8) is 0 Å². The Morgan fingerprint density at radius 1 is 1.23 bits per heavy atom. The molecular formula is C20H27N3O3. The zero-order chi connectivity index (χ0) is 18.7. The summed E-state index contributed by atoms with van der Waals surface area (Å²) < 4.78 is 0. The number of amides is 3. The molecule has 2 N–H and O–H groups in total. The van der Waals surface area contributed by atoms with Crippen molar-refractivity contribution in [1.82, 2.24) is 15.5 Å². The zero-order valence-corrected chi connectivity index (χ0v) is 15.5. The summed E-state index contributed by atoms with van der Waals surface area (Å²) in [6.45, 7) is 5.12. The molecule has 0 radical (unpaired) electrons. The van der Waals surface area contributed by atoms with Gasteiger partial charge < -0.3 is 15.5 Å². The molecule has 2 atom stereocenters. The van der Waals surface area contributed by atoms with Gasteiger partial charge in [0.1, 0.15) is 6.04 Å². The summed E-state index contributed by atoms with van der Waals surface area (Å²) in [6, 6.07) is 5.43. The topological polar surface area (TPSA) is 78.5 Å². The van der Waals surface area contributed by atoms with Crippen LogP contribution in [0.5, 0.6) is 0 Å². The number of likely N-dealkylation sites (tertiary alicyclic amines) is 1. The normalized spacial score (nSPS) is 22.8. The molecule has 26 heavy (non-hydrogen) atoms. The molecule has 0 aromatic heterocycles. The van der Waals surface area contributed by atoms with Gasteiger partial charge in [-0.1, -0.05) is 17.7 Å². The smallest absolute Gasteiger partial charge is 0.254 e. The SMILES string of the molecule is Cc1ccc(C(=O)N2CCC[C@@H]2CNC(=O)[C@H]2CCCC(=O)N2)c(C)c1. The number of carbonyl (C=O) groups is 3.